The van der Waals surface area contributed by atoms with Crippen LogP contribution in [-0.4, -0.2) is 35.1 Å². The molecule has 4 heteroatoms. The van der Waals surface area contributed by atoms with Crippen molar-refractivity contribution in [2.45, 2.75) is 78.7 Å². The smallest absolute Gasteiger partial charge is 0.257 e. The highest BCUT2D eigenvalue weighted by molar-refractivity contribution is 5.30. The second-order valence-electron chi connectivity index (χ2n) is 9.11. The first-order chi connectivity index (χ1) is 10.3. The summed E-state index contributed by atoms with van der Waals surface area (Å²) in [4.78, 5) is 20.4. The molecule has 0 fully saturated rings. The fourth-order valence-electron chi connectivity index (χ4n) is 2.77. The predicted octanol–water partition coefficient (Wildman–Crippen LogP) is 3.52. The molecule has 0 saturated carbocycles. The summed E-state index contributed by atoms with van der Waals surface area (Å²) in [5, 5.41) is 0. The molecule has 1 heterocycles. The minimum absolute atomic E-state index is 0.128. The summed E-state index contributed by atoms with van der Waals surface area (Å²) < 4.78 is 1.90. The minimum atomic E-state index is -0.208. The van der Waals surface area contributed by atoms with Crippen LogP contribution in [0.4, 0.5) is 0 Å². The topological polar surface area (TPSA) is 38.1 Å². The molecule has 0 N–H and O–H groups in total. The molecule has 0 aliphatic rings. The van der Waals surface area contributed by atoms with Gasteiger partial charge in [-0.3, -0.25) is 9.36 Å². The first-order valence-corrected chi connectivity index (χ1v) is 8.57. The van der Waals surface area contributed by atoms with Gasteiger partial charge in [-0.05, 0) is 25.4 Å². The molecule has 0 aliphatic heterocycles. The third-order valence-electron chi connectivity index (χ3n) is 3.94. The average molecular weight is 322 g/mol. The van der Waals surface area contributed by atoms with Crippen molar-refractivity contribution in [2.24, 2.45) is 0 Å². The Morgan fingerprint density at radius 1 is 1.04 bits per heavy atom. The van der Waals surface area contributed by atoms with Gasteiger partial charge in [0, 0.05) is 24.1 Å². The molecule has 0 unspecified atom stereocenters. The highest BCUT2D eigenvalue weighted by atomic mass is 16.1. The lowest BCUT2D eigenvalue weighted by Gasteiger charge is -2.30. The zero-order valence-electron chi connectivity index (χ0n) is 16.7. The van der Waals surface area contributed by atoms with Crippen LogP contribution in [-0.2, 0) is 17.4 Å². The van der Waals surface area contributed by atoms with E-state index >= 15 is 0 Å². The largest absolute Gasteiger partial charge is 0.308 e. The van der Waals surface area contributed by atoms with Crippen LogP contribution in [0.25, 0.3) is 0 Å². The van der Waals surface area contributed by atoms with Gasteiger partial charge in [-0.2, -0.15) is 0 Å². The fourth-order valence-corrected chi connectivity index (χ4v) is 2.77. The molecule has 1 aromatic rings. The summed E-state index contributed by atoms with van der Waals surface area (Å²) in [6.07, 6.45) is 0. The number of likely N-dealkylation sites (N-methyl/N-ethyl adjacent to an activating group) is 1. The van der Waals surface area contributed by atoms with Crippen molar-refractivity contribution in [3.63, 3.8) is 0 Å². The Morgan fingerprint density at radius 3 is 1.91 bits per heavy atom. The van der Waals surface area contributed by atoms with Crippen molar-refractivity contribution in [2.75, 3.05) is 20.6 Å². The maximum absolute atomic E-state index is 13.3. The van der Waals surface area contributed by atoms with E-state index in [-0.39, 0.29) is 22.3 Å². The molecule has 0 spiro atoms. The van der Waals surface area contributed by atoms with Crippen LogP contribution in [0.3, 0.4) is 0 Å². The molecule has 4 nitrogen and oxygen atoms in total. The molecule has 0 aliphatic carbocycles. The SMILES string of the molecule is CC(C)c1nc(C(C)(C)C)n(CCN(C)C)c(=O)c1C(C)(C)C. The normalized spacial score (nSPS) is 13.2. The molecule has 0 saturated heterocycles. The number of nitrogens with zero attached hydrogens (tertiary/aromatic N) is 3. The maximum atomic E-state index is 13.3. The third-order valence-corrected chi connectivity index (χ3v) is 3.94. The van der Waals surface area contributed by atoms with E-state index in [1.807, 2.05) is 18.7 Å². The van der Waals surface area contributed by atoms with Crippen LogP contribution in [0.1, 0.15) is 78.4 Å². The van der Waals surface area contributed by atoms with E-state index in [4.69, 9.17) is 4.98 Å². The second-order valence-corrected chi connectivity index (χ2v) is 9.11. The summed E-state index contributed by atoms with van der Waals surface area (Å²) in [7, 11) is 4.06. The van der Waals surface area contributed by atoms with Crippen molar-refractivity contribution in [1.29, 1.82) is 0 Å². The average Bonchev–Trinajstić information content (AvgIpc) is 2.32. The Bertz CT molecular complexity index is 599. The quantitative estimate of drug-likeness (QED) is 0.851. The highest BCUT2D eigenvalue weighted by Crippen LogP contribution is 2.29. The number of aromatic nitrogens is 2. The van der Waals surface area contributed by atoms with Gasteiger partial charge >= 0.3 is 0 Å². The molecular formula is C19H35N3O. The molecule has 0 amide bonds. The molecule has 0 atom stereocenters. The minimum Gasteiger partial charge on any atom is -0.308 e. The van der Waals surface area contributed by atoms with Gasteiger partial charge in [0.1, 0.15) is 5.82 Å². The van der Waals surface area contributed by atoms with Crippen LogP contribution >= 0.6 is 0 Å². The molecule has 0 aromatic carbocycles. The van der Waals surface area contributed by atoms with E-state index in [0.717, 1.165) is 23.6 Å². The number of rotatable bonds is 4. The standard InChI is InChI=1S/C19H35N3O/c1-13(2)15-14(18(3,4)5)16(23)22(12-11-21(9)10)17(20-15)19(6,7)8/h13H,11-12H2,1-10H3. The van der Waals surface area contributed by atoms with Crippen molar-refractivity contribution in [1.82, 2.24) is 14.5 Å². The van der Waals surface area contributed by atoms with E-state index < -0.39 is 0 Å². The van der Waals surface area contributed by atoms with Gasteiger partial charge in [0.2, 0.25) is 0 Å². The van der Waals surface area contributed by atoms with Crippen LogP contribution in [0.5, 0.6) is 0 Å². The molecule has 0 bridgehead atoms. The zero-order chi connectivity index (χ0) is 18.2. The van der Waals surface area contributed by atoms with Gasteiger partial charge in [-0.15, -0.1) is 0 Å². The Kier molecular flexibility index (Phi) is 5.84. The molecule has 0 radical (unpaired) electrons. The van der Waals surface area contributed by atoms with E-state index in [1.54, 1.807) is 0 Å². The van der Waals surface area contributed by atoms with Crippen LogP contribution in [0, 0.1) is 0 Å². The van der Waals surface area contributed by atoms with Crippen LogP contribution in [0.15, 0.2) is 4.79 Å². The second kappa shape index (κ2) is 6.76. The molecule has 23 heavy (non-hydrogen) atoms. The van der Waals surface area contributed by atoms with Crippen molar-refractivity contribution in [3.8, 4) is 0 Å². The third kappa shape index (κ3) is 4.66. The van der Waals surface area contributed by atoms with Crippen molar-refractivity contribution >= 4 is 0 Å². The van der Waals surface area contributed by atoms with Gasteiger partial charge in [-0.25, -0.2) is 4.98 Å². The van der Waals surface area contributed by atoms with Crippen molar-refractivity contribution < 1.29 is 0 Å². The monoisotopic (exact) mass is 321 g/mol. The Balaban J connectivity index is 3.75. The lowest BCUT2D eigenvalue weighted by atomic mass is 9.83. The fraction of sp³-hybridized carbons (Fsp3) is 0.789. The summed E-state index contributed by atoms with van der Waals surface area (Å²) in [6.45, 7) is 18.4. The van der Waals surface area contributed by atoms with E-state index in [2.05, 4.69) is 60.3 Å². The number of hydrogen-bond donors (Lipinski definition) is 0. The molecule has 1 aromatic heterocycles. The van der Waals surface area contributed by atoms with Crippen LogP contribution in [0.2, 0.25) is 0 Å². The molecular weight excluding hydrogens is 286 g/mol. The van der Waals surface area contributed by atoms with Gasteiger partial charge in [0.25, 0.3) is 5.56 Å². The van der Waals surface area contributed by atoms with Gasteiger partial charge in [0.05, 0.1) is 5.69 Å². The highest BCUT2D eigenvalue weighted by Gasteiger charge is 2.30. The lowest BCUT2D eigenvalue weighted by molar-refractivity contribution is 0.360. The van der Waals surface area contributed by atoms with E-state index in [1.165, 1.54) is 0 Å². The summed E-state index contributed by atoms with van der Waals surface area (Å²) in [6, 6.07) is 0. The Labute approximate surface area is 141 Å². The summed E-state index contributed by atoms with van der Waals surface area (Å²) >= 11 is 0. The molecule has 132 valence electrons. The maximum Gasteiger partial charge on any atom is 0.257 e. The van der Waals surface area contributed by atoms with E-state index in [0.29, 0.717) is 6.54 Å². The Morgan fingerprint density at radius 2 is 1.57 bits per heavy atom. The zero-order valence-corrected chi connectivity index (χ0v) is 16.7. The first kappa shape index (κ1) is 19.9. The van der Waals surface area contributed by atoms with E-state index in [9.17, 15) is 4.79 Å². The van der Waals surface area contributed by atoms with Crippen molar-refractivity contribution in [3.05, 3.63) is 27.4 Å². The Hall–Kier alpha value is -1.16. The predicted molar refractivity (Wildman–Crippen MR) is 98.5 cm³/mol. The lowest BCUT2D eigenvalue weighted by Crippen LogP contribution is -2.40. The first-order valence-electron chi connectivity index (χ1n) is 8.57. The summed E-state index contributed by atoms with van der Waals surface area (Å²) in [5.41, 5.74) is 1.57. The van der Waals surface area contributed by atoms with Gasteiger partial charge < -0.3 is 4.90 Å². The molecule has 1 rings (SSSR count). The van der Waals surface area contributed by atoms with Gasteiger partial charge in [-0.1, -0.05) is 55.4 Å². The van der Waals surface area contributed by atoms with Gasteiger partial charge in [0.15, 0.2) is 0 Å². The van der Waals surface area contributed by atoms with Crippen LogP contribution < -0.4 is 5.56 Å². The number of hydrogen-bond acceptors (Lipinski definition) is 3. The summed E-state index contributed by atoms with van der Waals surface area (Å²) in [5.74, 6) is 1.13.